The van der Waals surface area contributed by atoms with Crippen molar-refractivity contribution in [3.8, 4) is 6.07 Å². The maximum atomic E-state index is 11.3. The number of benzene rings is 1. The van der Waals surface area contributed by atoms with Crippen LogP contribution in [0.1, 0.15) is 12.0 Å². The monoisotopic (exact) mass is 281 g/mol. The van der Waals surface area contributed by atoms with Gasteiger partial charge in [-0.2, -0.15) is 5.26 Å². The highest BCUT2D eigenvalue weighted by atomic mass is 32.2. The molecule has 1 fully saturated rings. The Kier molecular flexibility index (Phi) is 3.40. The molecule has 0 unspecified atom stereocenters. The van der Waals surface area contributed by atoms with Crippen LogP contribution in [0.4, 0.5) is 11.4 Å². The lowest BCUT2D eigenvalue weighted by Crippen LogP contribution is -2.21. The Hall–Kier alpha value is -2.14. The van der Waals surface area contributed by atoms with Crippen LogP contribution in [0, 0.1) is 21.4 Å². The summed E-state index contributed by atoms with van der Waals surface area (Å²) < 4.78 is 22.7. The van der Waals surface area contributed by atoms with Crippen molar-refractivity contribution in [3.63, 3.8) is 0 Å². The normalized spacial score (nSPS) is 20.7. The fraction of sp³-hybridized carbons (Fsp3) is 0.364. The Morgan fingerprint density at radius 2 is 2.21 bits per heavy atom. The second-order valence-corrected chi connectivity index (χ2v) is 6.57. The number of nitro benzene ring substituents is 1. The maximum Gasteiger partial charge on any atom is 0.270 e. The van der Waals surface area contributed by atoms with Gasteiger partial charge in [-0.1, -0.05) is 0 Å². The van der Waals surface area contributed by atoms with Crippen molar-refractivity contribution >= 4 is 21.2 Å². The molecule has 0 saturated carbocycles. The molecule has 0 aliphatic carbocycles. The number of anilines is 1. The average Bonchev–Trinajstić information content (AvgIpc) is 2.69. The molecule has 2 rings (SSSR count). The van der Waals surface area contributed by atoms with Crippen molar-refractivity contribution in [2.75, 3.05) is 16.8 Å². The van der Waals surface area contributed by atoms with Crippen molar-refractivity contribution in [3.05, 3.63) is 33.9 Å². The van der Waals surface area contributed by atoms with E-state index in [9.17, 15) is 18.5 Å². The number of hydrogen-bond donors (Lipinski definition) is 1. The Bertz CT molecular complexity index is 663. The van der Waals surface area contributed by atoms with Crippen LogP contribution in [-0.2, 0) is 9.84 Å². The van der Waals surface area contributed by atoms with Gasteiger partial charge in [0, 0.05) is 18.2 Å². The summed E-state index contributed by atoms with van der Waals surface area (Å²) in [6.07, 6.45) is 0.476. The molecular weight excluding hydrogens is 270 g/mol. The van der Waals surface area contributed by atoms with Crippen molar-refractivity contribution in [2.45, 2.75) is 12.5 Å². The van der Waals surface area contributed by atoms with Crippen molar-refractivity contribution in [1.29, 1.82) is 5.26 Å². The zero-order valence-electron chi connectivity index (χ0n) is 9.87. The second kappa shape index (κ2) is 4.85. The van der Waals surface area contributed by atoms with Gasteiger partial charge >= 0.3 is 0 Å². The van der Waals surface area contributed by atoms with Crippen LogP contribution in [-0.4, -0.2) is 30.9 Å². The van der Waals surface area contributed by atoms with E-state index in [1.807, 2.05) is 6.07 Å². The number of non-ortho nitro benzene ring substituents is 1. The molecule has 0 amide bonds. The predicted octanol–water partition coefficient (Wildman–Crippen LogP) is 1.07. The first-order valence-electron chi connectivity index (χ1n) is 5.57. The van der Waals surface area contributed by atoms with Gasteiger partial charge in [0.2, 0.25) is 0 Å². The van der Waals surface area contributed by atoms with Crippen molar-refractivity contribution in [1.82, 2.24) is 0 Å². The Balaban J connectivity index is 2.22. The number of sulfone groups is 1. The van der Waals surface area contributed by atoms with Crippen LogP contribution >= 0.6 is 0 Å². The first kappa shape index (κ1) is 13.3. The molecule has 0 spiro atoms. The highest BCUT2D eigenvalue weighted by molar-refractivity contribution is 7.91. The van der Waals surface area contributed by atoms with Gasteiger partial charge in [-0.25, -0.2) is 8.42 Å². The smallest absolute Gasteiger partial charge is 0.270 e. The topological polar surface area (TPSA) is 113 Å². The van der Waals surface area contributed by atoms with Crippen LogP contribution in [0.5, 0.6) is 0 Å². The summed E-state index contributed by atoms with van der Waals surface area (Å²) in [6.45, 7) is 0. The van der Waals surface area contributed by atoms with Gasteiger partial charge in [0.1, 0.15) is 6.07 Å². The van der Waals surface area contributed by atoms with Crippen LogP contribution in [0.3, 0.4) is 0 Å². The molecule has 1 N–H and O–H groups in total. The number of nitrogens with one attached hydrogen (secondary N) is 1. The third kappa shape index (κ3) is 3.00. The number of hydrogen-bond acceptors (Lipinski definition) is 6. The number of nitro groups is 1. The lowest BCUT2D eigenvalue weighted by Gasteiger charge is -2.13. The Labute approximate surface area is 109 Å². The summed E-state index contributed by atoms with van der Waals surface area (Å²) in [5.41, 5.74) is 0.398. The minimum atomic E-state index is -3.01. The minimum Gasteiger partial charge on any atom is -0.380 e. The molecule has 7 nitrogen and oxygen atoms in total. The van der Waals surface area contributed by atoms with E-state index in [-0.39, 0.29) is 28.8 Å². The fourth-order valence-electron chi connectivity index (χ4n) is 1.99. The van der Waals surface area contributed by atoms with Crippen molar-refractivity contribution in [2.24, 2.45) is 0 Å². The summed E-state index contributed by atoms with van der Waals surface area (Å²) in [7, 11) is -3.01. The van der Waals surface area contributed by atoms with Gasteiger partial charge < -0.3 is 5.32 Å². The van der Waals surface area contributed by atoms with E-state index in [0.717, 1.165) is 0 Å². The summed E-state index contributed by atoms with van der Waals surface area (Å²) in [5.74, 6) is 0.147. The third-order valence-electron chi connectivity index (χ3n) is 2.93. The van der Waals surface area contributed by atoms with E-state index in [2.05, 4.69) is 5.32 Å². The molecule has 0 radical (unpaired) electrons. The Morgan fingerprint density at radius 3 is 2.74 bits per heavy atom. The minimum absolute atomic E-state index is 0.0227. The second-order valence-electron chi connectivity index (χ2n) is 4.34. The first-order chi connectivity index (χ1) is 8.91. The molecule has 1 atom stereocenters. The van der Waals surface area contributed by atoms with Gasteiger partial charge in [0.15, 0.2) is 9.84 Å². The van der Waals surface area contributed by atoms with Gasteiger partial charge in [-0.15, -0.1) is 0 Å². The predicted molar refractivity (Wildman–Crippen MR) is 68.5 cm³/mol. The lowest BCUT2D eigenvalue weighted by molar-refractivity contribution is -0.384. The molecule has 1 aliphatic rings. The molecule has 0 bridgehead atoms. The van der Waals surface area contributed by atoms with E-state index >= 15 is 0 Å². The standard InChI is InChI=1S/C11H11N3O4S/c12-6-8-5-10(14(15)16)1-2-11(8)13-9-3-4-19(17,18)7-9/h1-2,5,9,13H,3-4,7H2/t9-/m0/s1. The zero-order valence-corrected chi connectivity index (χ0v) is 10.7. The van der Waals surface area contributed by atoms with Crippen LogP contribution < -0.4 is 5.32 Å². The summed E-state index contributed by atoms with van der Waals surface area (Å²) in [6, 6.07) is 5.51. The maximum absolute atomic E-state index is 11.3. The van der Waals surface area contributed by atoms with Crippen LogP contribution in [0.2, 0.25) is 0 Å². The molecule has 100 valence electrons. The van der Waals surface area contributed by atoms with Gasteiger partial charge in [-0.3, -0.25) is 10.1 Å². The van der Waals surface area contributed by atoms with E-state index in [4.69, 9.17) is 5.26 Å². The third-order valence-corrected chi connectivity index (χ3v) is 4.69. The molecule has 1 saturated heterocycles. The molecular formula is C11H11N3O4S. The largest absolute Gasteiger partial charge is 0.380 e. The SMILES string of the molecule is N#Cc1cc([N+](=O)[O-])ccc1N[C@H]1CCS(=O)(=O)C1. The molecule has 1 aliphatic heterocycles. The fourth-order valence-corrected chi connectivity index (χ4v) is 3.67. The number of nitrogens with zero attached hydrogens (tertiary/aromatic N) is 2. The van der Waals surface area contributed by atoms with Crippen LogP contribution in [0.25, 0.3) is 0 Å². The molecule has 8 heteroatoms. The average molecular weight is 281 g/mol. The van der Waals surface area contributed by atoms with E-state index < -0.39 is 14.8 Å². The molecule has 1 aromatic carbocycles. The quantitative estimate of drug-likeness (QED) is 0.654. The first-order valence-corrected chi connectivity index (χ1v) is 7.39. The Morgan fingerprint density at radius 1 is 1.47 bits per heavy atom. The summed E-state index contributed by atoms with van der Waals surface area (Å²) in [4.78, 5) is 10.0. The highest BCUT2D eigenvalue weighted by Gasteiger charge is 2.28. The highest BCUT2D eigenvalue weighted by Crippen LogP contribution is 2.24. The number of nitriles is 1. The zero-order chi connectivity index (χ0) is 14.0. The van der Waals surface area contributed by atoms with Crippen LogP contribution in [0.15, 0.2) is 18.2 Å². The summed E-state index contributed by atoms with van der Waals surface area (Å²) >= 11 is 0. The van der Waals surface area contributed by atoms with E-state index in [1.165, 1.54) is 18.2 Å². The summed E-state index contributed by atoms with van der Waals surface area (Å²) in [5, 5.41) is 22.5. The molecule has 19 heavy (non-hydrogen) atoms. The van der Waals surface area contributed by atoms with E-state index in [1.54, 1.807) is 0 Å². The molecule has 1 heterocycles. The van der Waals surface area contributed by atoms with Crippen molar-refractivity contribution < 1.29 is 13.3 Å². The molecule has 1 aromatic rings. The van der Waals surface area contributed by atoms with Gasteiger partial charge in [0.05, 0.1) is 27.7 Å². The lowest BCUT2D eigenvalue weighted by atomic mass is 10.1. The van der Waals surface area contributed by atoms with E-state index in [0.29, 0.717) is 12.1 Å². The number of rotatable bonds is 3. The van der Waals surface area contributed by atoms with Gasteiger partial charge in [-0.05, 0) is 12.5 Å². The molecule has 0 aromatic heterocycles. The van der Waals surface area contributed by atoms with Gasteiger partial charge in [0.25, 0.3) is 5.69 Å².